The Bertz CT molecular complexity index is 814. The van der Waals surface area contributed by atoms with Crippen molar-refractivity contribution in [2.24, 2.45) is 0 Å². The molecule has 1 aromatic heterocycles. The second-order valence-electron chi connectivity index (χ2n) is 6.07. The minimum absolute atomic E-state index is 0.0517. The van der Waals surface area contributed by atoms with Crippen LogP contribution in [0.15, 0.2) is 35.6 Å². The van der Waals surface area contributed by atoms with Gasteiger partial charge >= 0.3 is 0 Å². The van der Waals surface area contributed by atoms with Gasteiger partial charge < -0.3 is 24.4 Å². The number of hydrogen-bond acceptors (Lipinski definition) is 8. The molecule has 2 aromatic rings. The van der Waals surface area contributed by atoms with Gasteiger partial charge in [-0.15, -0.1) is 0 Å². The van der Waals surface area contributed by atoms with Crippen LogP contribution >= 0.6 is 11.8 Å². The molecule has 1 aromatic carbocycles. The summed E-state index contributed by atoms with van der Waals surface area (Å²) >= 11 is 1.40. The molecule has 1 amide bonds. The van der Waals surface area contributed by atoms with E-state index in [1.54, 1.807) is 0 Å². The Labute approximate surface area is 161 Å². The average Bonchev–Trinajstić information content (AvgIpc) is 3.19. The van der Waals surface area contributed by atoms with E-state index in [4.69, 9.17) is 14.2 Å². The van der Waals surface area contributed by atoms with Crippen LogP contribution in [0.4, 0.5) is 5.82 Å². The van der Waals surface area contributed by atoms with Gasteiger partial charge in [0, 0.05) is 25.7 Å². The number of morpholine rings is 1. The second kappa shape index (κ2) is 8.45. The number of benzene rings is 1. The number of carbonyl (C=O) groups excluding carboxylic acids is 1. The standard InChI is InChI=1S/C18H20N4O4S/c23-17(19-9-13-1-2-14-15(7-13)26-12-25-14)10-27-18-8-16(20-11-21-18)22-3-5-24-6-4-22/h1-2,7-8,11H,3-6,9-10,12H2,(H,19,23). The number of ether oxygens (including phenoxy) is 3. The lowest BCUT2D eigenvalue weighted by Gasteiger charge is -2.27. The molecule has 2 aliphatic rings. The van der Waals surface area contributed by atoms with E-state index in [1.165, 1.54) is 18.1 Å². The van der Waals surface area contributed by atoms with Crippen LogP contribution < -0.4 is 19.7 Å². The van der Waals surface area contributed by atoms with Crippen molar-refractivity contribution in [3.63, 3.8) is 0 Å². The van der Waals surface area contributed by atoms with Crippen LogP contribution in [0.2, 0.25) is 0 Å². The molecule has 3 heterocycles. The van der Waals surface area contributed by atoms with Gasteiger partial charge in [0.1, 0.15) is 17.2 Å². The van der Waals surface area contributed by atoms with Crippen LogP contribution in [0.5, 0.6) is 11.5 Å². The van der Waals surface area contributed by atoms with Crippen molar-refractivity contribution in [3.8, 4) is 11.5 Å². The molecule has 9 heteroatoms. The topological polar surface area (TPSA) is 85.8 Å². The van der Waals surface area contributed by atoms with Crippen molar-refractivity contribution in [1.29, 1.82) is 0 Å². The monoisotopic (exact) mass is 388 g/mol. The van der Waals surface area contributed by atoms with E-state index in [9.17, 15) is 4.79 Å². The summed E-state index contributed by atoms with van der Waals surface area (Å²) in [5.41, 5.74) is 0.967. The van der Waals surface area contributed by atoms with Crippen molar-refractivity contribution >= 4 is 23.5 Å². The summed E-state index contributed by atoms with van der Waals surface area (Å²) in [5.74, 6) is 2.57. The summed E-state index contributed by atoms with van der Waals surface area (Å²) in [7, 11) is 0. The van der Waals surface area contributed by atoms with Crippen LogP contribution in [0, 0.1) is 0 Å². The number of hydrogen-bond donors (Lipinski definition) is 1. The highest BCUT2D eigenvalue weighted by Gasteiger charge is 2.15. The summed E-state index contributed by atoms with van der Waals surface area (Å²) < 4.78 is 16.0. The summed E-state index contributed by atoms with van der Waals surface area (Å²) in [6.45, 7) is 3.73. The van der Waals surface area contributed by atoms with E-state index < -0.39 is 0 Å². The van der Waals surface area contributed by atoms with Crippen molar-refractivity contribution in [1.82, 2.24) is 15.3 Å². The lowest BCUT2D eigenvalue weighted by Crippen LogP contribution is -2.36. The van der Waals surface area contributed by atoms with Gasteiger partial charge in [0.2, 0.25) is 12.7 Å². The predicted octanol–water partition coefficient (Wildman–Crippen LogP) is 1.45. The first-order valence-electron chi connectivity index (χ1n) is 8.71. The number of amides is 1. The van der Waals surface area contributed by atoms with Gasteiger partial charge in [-0.3, -0.25) is 4.79 Å². The van der Waals surface area contributed by atoms with E-state index in [0.717, 1.165) is 35.2 Å². The maximum absolute atomic E-state index is 12.2. The van der Waals surface area contributed by atoms with E-state index in [2.05, 4.69) is 20.2 Å². The maximum atomic E-state index is 12.2. The fourth-order valence-electron chi connectivity index (χ4n) is 2.82. The van der Waals surface area contributed by atoms with Crippen molar-refractivity contribution in [3.05, 3.63) is 36.2 Å². The molecule has 1 N–H and O–H groups in total. The van der Waals surface area contributed by atoms with Crippen LogP contribution in [-0.2, 0) is 16.1 Å². The Kier molecular flexibility index (Phi) is 5.59. The highest BCUT2D eigenvalue weighted by atomic mass is 32.2. The molecular formula is C18H20N4O4S. The minimum Gasteiger partial charge on any atom is -0.454 e. The molecule has 2 aliphatic heterocycles. The van der Waals surface area contributed by atoms with Gasteiger partial charge in [0.05, 0.1) is 19.0 Å². The van der Waals surface area contributed by atoms with Gasteiger partial charge in [-0.25, -0.2) is 9.97 Å². The molecule has 27 heavy (non-hydrogen) atoms. The quantitative estimate of drug-likeness (QED) is 0.588. The minimum atomic E-state index is -0.0517. The van der Waals surface area contributed by atoms with Gasteiger partial charge in [0.15, 0.2) is 11.5 Å². The Hall–Kier alpha value is -2.52. The summed E-state index contributed by atoms with van der Waals surface area (Å²) in [6, 6.07) is 7.57. The zero-order valence-electron chi connectivity index (χ0n) is 14.7. The van der Waals surface area contributed by atoms with Crippen molar-refractivity contribution < 1.29 is 19.0 Å². The number of aromatic nitrogens is 2. The largest absolute Gasteiger partial charge is 0.454 e. The molecule has 1 fully saturated rings. The maximum Gasteiger partial charge on any atom is 0.231 e. The Morgan fingerprint density at radius 1 is 1.15 bits per heavy atom. The first-order chi connectivity index (χ1) is 13.3. The summed E-state index contributed by atoms with van der Waals surface area (Å²) in [4.78, 5) is 22.9. The summed E-state index contributed by atoms with van der Waals surface area (Å²) in [5, 5.41) is 3.69. The third-order valence-electron chi connectivity index (χ3n) is 4.24. The zero-order chi connectivity index (χ0) is 18.5. The van der Waals surface area contributed by atoms with Crippen molar-refractivity contribution in [2.45, 2.75) is 11.6 Å². The number of carbonyl (C=O) groups is 1. The average molecular weight is 388 g/mol. The van der Waals surface area contributed by atoms with Gasteiger partial charge in [-0.1, -0.05) is 17.8 Å². The molecule has 0 saturated carbocycles. The fraction of sp³-hybridized carbons (Fsp3) is 0.389. The third-order valence-corrected chi connectivity index (χ3v) is 5.17. The number of fused-ring (bicyclic) bond motifs is 1. The SMILES string of the molecule is O=C(CSc1cc(N2CCOCC2)ncn1)NCc1ccc2c(c1)OCO2. The smallest absolute Gasteiger partial charge is 0.231 e. The van der Waals surface area contributed by atoms with E-state index in [-0.39, 0.29) is 12.7 Å². The molecule has 4 rings (SSSR count). The molecule has 0 radical (unpaired) electrons. The molecule has 0 aliphatic carbocycles. The number of nitrogens with zero attached hydrogens (tertiary/aromatic N) is 3. The van der Waals surface area contributed by atoms with E-state index in [0.29, 0.717) is 31.3 Å². The molecule has 142 valence electrons. The van der Waals surface area contributed by atoms with Gasteiger partial charge in [0.25, 0.3) is 0 Å². The number of nitrogens with one attached hydrogen (secondary N) is 1. The Morgan fingerprint density at radius 3 is 2.89 bits per heavy atom. The molecular weight excluding hydrogens is 368 g/mol. The van der Waals surface area contributed by atoms with Crippen molar-refractivity contribution in [2.75, 3.05) is 43.7 Å². The molecule has 0 bridgehead atoms. The molecule has 1 saturated heterocycles. The van der Waals surface area contributed by atoms with Crippen LogP contribution in [0.25, 0.3) is 0 Å². The molecule has 8 nitrogen and oxygen atoms in total. The fourth-order valence-corrected chi connectivity index (χ4v) is 3.51. The lowest BCUT2D eigenvalue weighted by atomic mass is 10.2. The highest BCUT2D eigenvalue weighted by molar-refractivity contribution is 7.99. The van der Waals surface area contributed by atoms with Crippen LogP contribution in [0.1, 0.15) is 5.56 Å². The Balaban J connectivity index is 1.26. The van der Waals surface area contributed by atoms with Crippen LogP contribution in [-0.4, -0.2) is 54.7 Å². The van der Waals surface area contributed by atoms with E-state index in [1.807, 2.05) is 24.3 Å². The highest BCUT2D eigenvalue weighted by Crippen LogP contribution is 2.32. The molecule has 0 atom stereocenters. The predicted molar refractivity (Wildman–Crippen MR) is 100 cm³/mol. The molecule has 0 unspecified atom stereocenters. The first kappa shape index (κ1) is 17.9. The first-order valence-corrected chi connectivity index (χ1v) is 9.69. The third kappa shape index (κ3) is 4.61. The number of thioether (sulfide) groups is 1. The van der Waals surface area contributed by atoms with E-state index >= 15 is 0 Å². The molecule has 0 spiro atoms. The normalized spacial score (nSPS) is 15.6. The number of rotatable bonds is 6. The van der Waals surface area contributed by atoms with Gasteiger partial charge in [-0.2, -0.15) is 0 Å². The second-order valence-corrected chi connectivity index (χ2v) is 7.06. The zero-order valence-corrected chi connectivity index (χ0v) is 15.5. The van der Waals surface area contributed by atoms with Gasteiger partial charge in [-0.05, 0) is 17.7 Å². The lowest BCUT2D eigenvalue weighted by molar-refractivity contribution is -0.118. The summed E-state index contributed by atoms with van der Waals surface area (Å²) in [6.07, 6.45) is 1.54. The van der Waals surface area contributed by atoms with Crippen LogP contribution in [0.3, 0.4) is 0 Å². The Morgan fingerprint density at radius 2 is 2.00 bits per heavy atom. The number of anilines is 1.